The van der Waals surface area contributed by atoms with Crippen molar-refractivity contribution in [2.24, 2.45) is 0 Å². The first-order valence-electron chi connectivity index (χ1n) is 6.23. The van der Waals surface area contributed by atoms with E-state index in [0.717, 1.165) is 4.47 Å². The highest BCUT2D eigenvalue weighted by Crippen LogP contribution is 2.16. The van der Waals surface area contributed by atoms with E-state index in [1.54, 1.807) is 12.1 Å². The Morgan fingerprint density at radius 2 is 1.86 bits per heavy atom. The average Bonchev–Trinajstić information content (AvgIpc) is 2.38. The predicted octanol–water partition coefficient (Wildman–Crippen LogP) is 1.59. The molecular formula is C13H16BrNO5S. The van der Waals surface area contributed by atoms with Gasteiger partial charge in [-0.15, -0.1) is 0 Å². The summed E-state index contributed by atoms with van der Waals surface area (Å²) in [7, 11) is -3.43. The number of carboxylic acids is 1. The van der Waals surface area contributed by atoms with Crippen LogP contribution in [-0.2, 0) is 19.4 Å². The molecule has 0 bridgehead atoms. The highest BCUT2D eigenvalue weighted by molar-refractivity contribution is 9.10. The quantitative estimate of drug-likeness (QED) is 0.751. The molecule has 0 saturated carbocycles. The normalized spacial score (nSPS) is 12.7. The van der Waals surface area contributed by atoms with Gasteiger partial charge in [0.2, 0.25) is 5.91 Å². The van der Waals surface area contributed by atoms with Gasteiger partial charge in [0.15, 0.2) is 9.84 Å². The van der Waals surface area contributed by atoms with E-state index in [9.17, 15) is 18.0 Å². The van der Waals surface area contributed by atoms with Gasteiger partial charge in [-0.1, -0.05) is 15.9 Å². The van der Waals surface area contributed by atoms with Crippen molar-refractivity contribution in [2.75, 3.05) is 5.75 Å². The predicted molar refractivity (Wildman–Crippen MR) is 80.7 cm³/mol. The van der Waals surface area contributed by atoms with Gasteiger partial charge in [-0.05, 0) is 37.6 Å². The first-order valence-corrected chi connectivity index (χ1v) is 8.67. The number of carbonyl (C=O) groups excluding carboxylic acids is 1. The van der Waals surface area contributed by atoms with Gasteiger partial charge >= 0.3 is 5.97 Å². The summed E-state index contributed by atoms with van der Waals surface area (Å²) in [4.78, 5) is 22.2. The monoisotopic (exact) mass is 377 g/mol. The third kappa shape index (κ3) is 5.84. The van der Waals surface area contributed by atoms with Gasteiger partial charge < -0.3 is 10.4 Å². The molecule has 1 rings (SSSR count). The van der Waals surface area contributed by atoms with Crippen LogP contribution in [0.5, 0.6) is 0 Å². The fourth-order valence-corrected chi connectivity index (χ4v) is 3.13. The maximum absolute atomic E-state index is 12.0. The molecule has 0 radical (unpaired) electrons. The fourth-order valence-electron chi connectivity index (χ4n) is 1.56. The number of carboxylic acid groups (broad SMARTS) is 1. The van der Waals surface area contributed by atoms with Crippen molar-refractivity contribution in [3.05, 3.63) is 28.7 Å². The number of hydrogen-bond donors (Lipinski definition) is 2. The third-order valence-electron chi connectivity index (χ3n) is 2.74. The summed E-state index contributed by atoms with van der Waals surface area (Å²) in [6, 6.07) is 5.26. The lowest BCUT2D eigenvalue weighted by Gasteiger charge is -2.09. The molecule has 0 aliphatic rings. The Bertz CT molecular complexity index is 612. The summed E-state index contributed by atoms with van der Waals surface area (Å²) >= 11 is 3.22. The van der Waals surface area contributed by atoms with Crippen molar-refractivity contribution in [1.82, 2.24) is 5.32 Å². The van der Waals surface area contributed by atoms with Crippen LogP contribution in [0.2, 0.25) is 0 Å². The Balaban J connectivity index is 2.49. The number of benzene rings is 1. The minimum Gasteiger partial charge on any atom is -0.480 e. The summed E-state index contributed by atoms with van der Waals surface area (Å²) in [5.74, 6) is -1.77. The highest BCUT2D eigenvalue weighted by Gasteiger charge is 2.17. The first-order chi connectivity index (χ1) is 9.72. The summed E-state index contributed by atoms with van der Waals surface area (Å²) in [6.07, 6.45) is 0.101. The lowest BCUT2D eigenvalue weighted by atomic mass is 10.3. The van der Waals surface area contributed by atoms with Gasteiger partial charge in [0.25, 0.3) is 0 Å². The van der Waals surface area contributed by atoms with Crippen LogP contribution in [0.1, 0.15) is 19.8 Å². The largest absolute Gasteiger partial charge is 0.480 e. The van der Waals surface area contributed by atoms with Gasteiger partial charge in [0.05, 0.1) is 10.6 Å². The van der Waals surface area contributed by atoms with Crippen molar-refractivity contribution < 1.29 is 23.1 Å². The Morgan fingerprint density at radius 1 is 1.29 bits per heavy atom. The molecule has 2 N–H and O–H groups in total. The number of halogens is 1. The van der Waals surface area contributed by atoms with E-state index in [-0.39, 0.29) is 23.5 Å². The molecule has 1 amide bonds. The number of sulfone groups is 1. The summed E-state index contributed by atoms with van der Waals surface area (Å²) in [6.45, 7) is 1.35. The molecule has 0 fully saturated rings. The van der Waals surface area contributed by atoms with Gasteiger partial charge in [-0.3, -0.25) is 9.59 Å². The van der Waals surface area contributed by atoms with E-state index < -0.39 is 27.8 Å². The topological polar surface area (TPSA) is 101 Å². The zero-order chi connectivity index (χ0) is 16.0. The van der Waals surface area contributed by atoms with E-state index >= 15 is 0 Å². The Labute approximate surface area is 131 Å². The Morgan fingerprint density at radius 3 is 2.38 bits per heavy atom. The lowest BCUT2D eigenvalue weighted by Crippen LogP contribution is -2.38. The maximum atomic E-state index is 12.0. The van der Waals surface area contributed by atoms with Crippen LogP contribution >= 0.6 is 15.9 Å². The molecule has 0 unspecified atom stereocenters. The van der Waals surface area contributed by atoms with Gasteiger partial charge in [0.1, 0.15) is 6.04 Å². The molecule has 1 atom stereocenters. The van der Waals surface area contributed by atoms with Crippen molar-refractivity contribution in [3.63, 3.8) is 0 Å². The molecule has 0 aliphatic heterocycles. The zero-order valence-electron chi connectivity index (χ0n) is 11.4. The molecule has 8 heteroatoms. The minimum absolute atomic E-state index is 0.0343. The van der Waals surface area contributed by atoms with E-state index in [1.807, 2.05) is 0 Å². The van der Waals surface area contributed by atoms with E-state index in [4.69, 9.17) is 5.11 Å². The van der Waals surface area contributed by atoms with Crippen molar-refractivity contribution in [3.8, 4) is 0 Å². The maximum Gasteiger partial charge on any atom is 0.325 e. The van der Waals surface area contributed by atoms with Crippen molar-refractivity contribution >= 4 is 37.6 Å². The smallest absolute Gasteiger partial charge is 0.325 e. The molecule has 21 heavy (non-hydrogen) atoms. The second-order valence-corrected chi connectivity index (χ2v) is 7.53. The number of amides is 1. The second-order valence-electron chi connectivity index (χ2n) is 4.50. The molecule has 1 aromatic rings. The number of aliphatic carboxylic acids is 1. The fraction of sp³-hybridized carbons (Fsp3) is 0.385. The van der Waals surface area contributed by atoms with E-state index in [2.05, 4.69) is 21.2 Å². The number of nitrogens with one attached hydrogen (secondary N) is 1. The standard InChI is InChI=1S/C13H16BrNO5S/c1-9(13(17)18)15-12(16)3-2-8-21(19,20)11-6-4-10(14)5-7-11/h4-7,9H,2-3,8H2,1H3,(H,15,16)(H,17,18)/t9-/m0/s1. The van der Waals surface area contributed by atoms with Crippen LogP contribution in [0.4, 0.5) is 0 Å². The molecule has 0 aromatic heterocycles. The van der Waals surface area contributed by atoms with Crippen LogP contribution in [0, 0.1) is 0 Å². The SMILES string of the molecule is C[C@H](NC(=O)CCCS(=O)(=O)c1ccc(Br)cc1)C(=O)O. The molecule has 1 aromatic carbocycles. The van der Waals surface area contributed by atoms with Crippen LogP contribution in [0.3, 0.4) is 0 Å². The number of rotatable bonds is 7. The third-order valence-corrected chi connectivity index (χ3v) is 5.08. The Hall–Kier alpha value is -1.41. The number of hydrogen-bond acceptors (Lipinski definition) is 4. The molecule has 6 nitrogen and oxygen atoms in total. The van der Waals surface area contributed by atoms with Crippen LogP contribution < -0.4 is 5.32 Å². The summed E-state index contributed by atoms with van der Waals surface area (Å²) < 4.78 is 24.8. The Kier molecular flexibility index (Phi) is 6.35. The van der Waals surface area contributed by atoms with Gasteiger partial charge in [-0.25, -0.2) is 8.42 Å². The highest BCUT2D eigenvalue weighted by atomic mass is 79.9. The molecular weight excluding hydrogens is 362 g/mol. The average molecular weight is 378 g/mol. The van der Waals surface area contributed by atoms with Crippen LogP contribution in [-0.4, -0.2) is 37.2 Å². The van der Waals surface area contributed by atoms with E-state index in [0.29, 0.717) is 0 Å². The van der Waals surface area contributed by atoms with Crippen molar-refractivity contribution in [2.45, 2.75) is 30.7 Å². The van der Waals surface area contributed by atoms with E-state index in [1.165, 1.54) is 19.1 Å². The first kappa shape index (κ1) is 17.6. The lowest BCUT2D eigenvalue weighted by molar-refractivity contribution is -0.141. The molecule has 0 saturated heterocycles. The summed E-state index contributed by atoms with van der Waals surface area (Å²) in [5.41, 5.74) is 0. The van der Waals surface area contributed by atoms with Gasteiger partial charge in [-0.2, -0.15) is 0 Å². The van der Waals surface area contributed by atoms with Crippen molar-refractivity contribution in [1.29, 1.82) is 0 Å². The van der Waals surface area contributed by atoms with Crippen LogP contribution in [0.25, 0.3) is 0 Å². The minimum atomic E-state index is -3.43. The van der Waals surface area contributed by atoms with Gasteiger partial charge in [0, 0.05) is 10.9 Å². The molecule has 0 aliphatic carbocycles. The molecule has 116 valence electrons. The molecule has 0 heterocycles. The molecule has 0 spiro atoms. The zero-order valence-corrected chi connectivity index (χ0v) is 13.8. The van der Waals surface area contributed by atoms with Crippen LogP contribution in [0.15, 0.2) is 33.6 Å². The number of carbonyl (C=O) groups is 2. The summed E-state index contributed by atoms with van der Waals surface area (Å²) in [5, 5.41) is 10.9. The second kappa shape index (κ2) is 7.56.